The number of rotatable bonds is 0. The monoisotopic (exact) mass is 430 g/mol. The van der Waals surface area contributed by atoms with E-state index in [0.717, 1.165) is 32.3 Å². The Morgan fingerprint density at radius 2 is 1.09 bits per heavy atom. The molecule has 6 heteroatoms. The van der Waals surface area contributed by atoms with Gasteiger partial charge in [0.25, 0.3) is 0 Å². The van der Waals surface area contributed by atoms with Crippen LogP contribution in [0.4, 0.5) is 17.1 Å². The van der Waals surface area contributed by atoms with Crippen LogP contribution in [0, 0.1) is 31.0 Å². The minimum Gasteiger partial charge on any atom is -0.262 e. The van der Waals surface area contributed by atoms with Crippen LogP contribution >= 0.6 is 0 Å². The zero-order valence-corrected chi connectivity index (χ0v) is 17.5. The molecule has 0 aliphatic heterocycles. The first kappa shape index (κ1) is 19.1. The average molecular weight is 430 g/mol. The lowest BCUT2D eigenvalue weighted by Gasteiger charge is -2.18. The van der Waals surface area contributed by atoms with Crippen molar-refractivity contribution < 1.29 is 0 Å². The molecule has 1 heterocycles. The van der Waals surface area contributed by atoms with Crippen LogP contribution < -0.4 is 0 Å². The summed E-state index contributed by atoms with van der Waals surface area (Å²) in [6, 6.07) is 18.0. The third-order valence-corrected chi connectivity index (χ3v) is 6.22. The molecule has 0 amide bonds. The van der Waals surface area contributed by atoms with Crippen molar-refractivity contribution in [3.63, 3.8) is 0 Å². The fourth-order valence-corrected chi connectivity index (χ4v) is 4.97. The minimum atomic E-state index is -0.118. The van der Waals surface area contributed by atoms with E-state index in [0.29, 0.717) is 21.8 Å². The van der Waals surface area contributed by atoms with E-state index < -0.39 is 0 Å². The van der Waals surface area contributed by atoms with Crippen LogP contribution in [0.2, 0.25) is 0 Å². The Bertz CT molecular complexity index is 2060. The van der Waals surface area contributed by atoms with Crippen LogP contribution in [-0.2, 0) is 0 Å². The lowest BCUT2D eigenvalue weighted by Crippen LogP contribution is -1.94. The lowest BCUT2D eigenvalue weighted by atomic mass is 9.87. The smallest absolute Gasteiger partial charge is 0.202 e. The van der Waals surface area contributed by atoms with Gasteiger partial charge in [0.05, 0.1) is 42.4 Å². The van der Waals surface area contributed by atoms with Crippen LogP contribution in [0.1, 0.15) is 5.56 Å². The van der Waals surface area contributed by atoms with Crippen molar-refractivity contribution in [2.45, 2.75) is 0 Å². The van der Waals surface area contributed by atoms with Gasteiger partial charge in [0.15, 0.2) is 5.69 Å². The lowest BCUT2D eigenvalue weighted by molar-refractivity contribution is 1.31. The first-order valence-corrected chi connectivity index (χ1v) is 10.3. The average Bonchev–Trinajstić information content (AvgIpc) is 2.91. The topological polar surface area (TPSA) is 62.7 Å². The van der Waals surface area contributed by atoms with E-state index in [4.69, 9.17) is 19.7 Å². The van der Waals surface area contributed by atoms with E-state index in [2.05, 4.69) is 30.6 Å². The maximum atomic E-state index is 10.1. The zero-order valence-electron chi connectivity index (χ0n) is 17.5. The molecule has 6 rings (SSSR count). The molecule has 5 aromatic carbocycles. The van der Waals surface area contributed by atoms with Gasteiger partial charge >= 0.3 is 0 Å². The molecule has 0 unspecified atom stereocenters. The molecule has 0 fully saturated rings. The van der Waals surface area contributed by atoms with Gasteiger partial charge in [-0.15, -0.1) is 0 Å². The van der Waals surface area contributed by atoms with E-state index >= 15 is 0 Å². The molecule has 0 bridgehead atoms. The van der Waals surface area contributed by atoms with Gasteiger partial charge in [-0.3, -0.25) is 24.5 Å². The summed E-state index contributed by atoms with van der Waals surface area (Å²) >= 11 is 0. The van der Waals surface area contributed by atoms with E-state index in [1.165, 1.54) is 6.20 Å². The maximum Gasteiger partial charge on any atom is 0.202 e. The van der Waals surface area contributed by atoms with Crippen molar-refractivity contribution in [2.24, 2.45) is 0 Å². The van der Waals surface area contributed by atoms with Gasteiger partial charge < -0.3 is 0 Å². The summed E-state index contributed by atoms with van der Waals surface area (Å²) in [7, 11) is 0. The van der Waals surface area contributed by atoms with E-state index in [1.807, 2.05) is 48.5 Å². The van der Waals surface area contributed by atoms with Gasteiger partial charge in [0.2, 0.25) is 11.4 Å². The first-order chi connectivity index (χ1) is 16.7. The molecule has 0 saturated heterocycles. The molecule has 0 saturated carbocycles. The second-order valence-electron chi connectivity index (χ2n) is 7.71. The Balaban J connectivity index is 2.19. The maximum absolute atomic E-state index is 10.1. The highest BCUT2D eigenvalue weighted by atomic mass is 14.8. The first-order valence-electron chi connectivity index (χ1n) is 10.3. The van der Waals surface area contributed by atoms with Gasteiger partial charge in [-0.05, 0) is 32.3 Å². The van der Waals surface area contributed by atoms with E-state index in [-0.39, 0.29) is 22.6 Å². The summed E-state index contributed by atoms with van der Waals surface area (Å²) in [5.41, 5.74) is 0.920. The van der Waals surface area contributed by atoms with E-state index in [1.54, 1.807) is 6.20 Å². The Morgan fingerprint density at radius 1 is 0.588 bits per heavy atom. The second-order valence-corrected chi connectivity index (χ2v) is 7.71. The van der Waals surface area contributed by atoms with Crippen molar-refractivity contribution in [3.8, 4) is 6.07 Å². The predicted molar refractivity (Wildman–Crippen MR) is 133 cm³/mol. The molecule has 34 heavy (non-hydrogen) atoms. The van der Waals surface area contributed by atoms with Gasteiger partial charge in [-0.2, -0.15) is 5.26 Å². The number of fused-ring (bicyclic) bond motifs is 11. The van der Waals surface area contributed by atoms with Crippen LogP contribution in [0.5, 0.6) is 0 Å². The highest BCUT2D eigenvalue weighted by molar-refractivity contribution is 6.41. The molecule has 0 radical (unpaired) electrons. The second kappa shape index (κ2) is 6.98. The molecular formula is C28H10N6. The van der Waals surface area contributed by atoms with Gasteiger partial charge in [0, 0.05) is 23.2 Å². The highest BCUT2D eigenvalue weighted by Gasteiger charge is 2.26. The Kier molecular flexibility index (Phi) is 3.93. The summed E-state index contributed by atoms with van der Waals surface area (Å²) in [5.74, 6) is 0. The molecule has 0 atom stereocenters. The molecule has 6 nitrogen and oxygen atoms in total. The SMILES string of the molecule is [C-]#[N+]c1c([N+]#[C-])c([N+]#[C-])c2c(c1C#N)c1nccnc1c1c3ccccc3c3ccccc3c21. The normalized spacial score (nSPS) is 10.8. The fraction of sp³-hybridized carbons (Fsp3) is 0. The minimum absolute atomic E-state index is 0.0491. The highest BCUT2D eigenvalue weighted by Crippen LogP contribution is 2.53. The summed E-state index contributed by atoms with van der Waals surface area (Å²) in [6.07, 6.45) is 3.14. The van der Waals surface area contributed by atoms with Crippen molar-refractivity contribution in [3.05, 3.63) is 101 Å². The Hall–Kier alpha value is -5.56. The quantitative estimate of drug-likeness (QED) is 0.183. The molecule has 152 valence electrons. The van der Waals surface area contributed by atoms with Crippen LogP contribution in [0.25, 0.3) is 68.7 Å². The summed E-state index contributed by atoms with van der Waals surface area (Å²) in [6.45, 7) is 23.4. The molecule has 6 aromatic rings. The van der Waals surface area contributed by atoms with Gasteiger partial charge in [-0.25, -0.2) is 0 Å². The van der Waals surface area contributed by atoms with Gasteiger partial charge in [-0.1, -0.05) is 48.5 Å². The predicted octanol–water partition coefficient (Wildman–Crippen LogP) is 7.77. The van der Waals surface area contributed by atoms with Crippen molar-refractivity contribution in [1.82, 2.24) is 9.97 Å². The zero-order chi connectivity index (χ0) is 23.4. The van der Waals surface area contributed by atoms with Crippen molar-refractivity contribution in [2.75, 3.05) is 0 Å². The number of aromatic nitrogens is 2. The molecule has 0 spiro atoms. The van der Waals surface area contributed by atoms with Gasteiger partial charge in [0.1, 0.15) is 0 Å². The number of nitriles is 1. The molecule has 0 N–H and O–H groups in total. The van der Waals surface area contributed by atoms with Crippen LogP contribution in [-0.4, -0.2) is 9.97 Å². The standard InChI is InChI=1S/C28H10N6/c1-30-24-19(14-29)22-23(25(31-2)28(24)32-3)20-17-10-6-4-8-15(17)16-9-5-7-11-18(16)21(20)26-27(22)34-13-12-33-26/h4-13H. The number of nitrogens with zero attached hydrogens (tertiary/aromatic N) is 6. The number of benzene rings is 5. The number of hydrogen-bond acceptors (Lipinski definition) is 3. The molecule has 1 aromatic heterocycles. The third-order valence-electron chi connectivity index (χ3n) is 6.22. The van der Waals surface area contributed by atoms with Crippen molar-refractivity contribution in [1.29, 1.82) is 5.26 Å². The Labute approximate surface area is 193 Å². The van der Waals surface area contributed by atoms with Crippen LogP contribution in [0.3, 0.4) is 0 Å². The number of hydrogen-bond donors (Lipinski definition) is 0. The molecule has 0 aliphatic carbocycles. The largest absolute Gasteiger partial charge is 0.262 e. The fourth-order valence-electron chi connectivity index (χ4n) is 4.97. The van der Waals surface area contributed by atoms with E-state index in [9.17, 15) is 5.26 Å². The van der Waals surface area contributed by atoms with Crippen molar-refractivity contribution >= 4 is 71.2 Å². The summed E-state index contributed by atoms with van der Waals surface area (Å²) < 4.78 is 0. The summed E-state index contributed by atoms with van der Waals surface area (Å²) in [4.78, 5) is 20.0. The molecular weight excluding hydrogens is 420 g/mol. The van der Waals surface area contributed by atoms with Crippen LogP contribution in [0.15, 0.2) is 60.9 Å². The Morgan fingerprint density at radius 3 is 1.62 bits per heavy atom. The molecule has 0 aliphatic rings. The third kappa shape index (κ3) is 2.24. The summed E-state index contributed by atoms with van der Waals surface area (Å²) in [5, 5.41) is 16.4.